The fourth-order valence-electron chi connectivity index (χ4n) is 7.79. The van der Waals surface area contributed by atoms with Crippen LogP contribution in [0, 0.1) is 11.3 Å². The molecule has 0 aliphatic carbocycles. The number of β-amino-alcohol motifs (C(OH)–C–C–N with tert-alkyl or cyclic N) is 1. The number of nitrogens with zero attached hydrogens (tertiary/aromatic N) is 6. The van der Waals surface area contributed by atoms with E-state index >= 15 is 0 Å². The minimum absolute atomic E-state index is 0.0350. The van der Waals surface area contributed by atoms with Crippen LogP contribution < -0.4 is 9.64 Å². The third-order valence-electron chi connectivity index (χ3n) is 9.95. The first-order chi connectivity index (χ1) is 22.3. The molecule has 0 bridgehead atoms. The Bertz CT molecular complexity index is 1730. The Labute approximate surface area is 272 Å². The van der Waals surface area contributed by atoms with Gasteiger partial charge in [-0.05, 0) is 42.8 Å². The molecule has 240 valence electrons. The minimum atomic E-state index is -1.04. The zero-order chi connectivity index (χ0) is 32.0. The molecule has 1 N–H and O–H groups in total. The molecule has 1 amide bonds. The maximum absolute atomic E-state index is 13.9. The summed E-state index contributed by atoms with van der Waals surface area (Å²) >= 11 is 6.67. The first kappa shape index (κ1) is 30.8. The molecular formula is C34H36ClFN6O4. The number of fused-ring (bicyclic) bond motifs is 3. The van der Waals surface area contributed by atoms with Crippen molar-refractivity contribution in [2.45, 2.75) is 62.5 Å². The number of halogens is 2. The van der Waals surface area contributed by atoms with Crippen LogP contribution in [0.5, 0.6) is 6.01 Å². The topological polar surface area (TPSA) is 115 Å². The molecule has 2 aromatic carbocycles. The van der Waals surface area contributed by atoms with Gasteiger partial charge in [0.2, 0.25) is 0 Å². The Morgan fingerprint density at radius 2 is 2.04 bits per heavy atom. The number of nitriles is 1. The Hall–Kier alpha value is -3.82. The fourth-order valence-corrected chi connectivity index (χ4v) is 8.08. The number of aromatic nitrogens is 2. The van der Waals surface area contributed by atoms with Crippen LogP contribution in [0.25, 0.3) is 10.8 Å². The predicted octanol–water partition coefficient (Wildman–Crippen LogP) is 4.49. The maximum Gasteiger partial charge on any atom is 0.318 e. The number of piperazine rings is 1. The van der Waals surface area contributed by atoms with Gasteiger partial charge in [0.1, 0.15) is 12.4 Å². The zero-order valence-corrected chi connectivity index (χ0v) is 26.3. The molecule has 5 heterocycles. The van der Waals surface area contributed by atoms with Gasteiger partial charge in [0, 0.05) is 48.6 Å². The highest BCUT2D eigenvalue weighted by molar-refractivity contribution is 6.35. The molecule has 3 fully saturated rings. The van der Waals surface area contributed by atoms with E-state index in [9.17, 15) is 19.6 Å². The molecule has 1 aromatic heterocycles. The molecule has 4 aliphatic heterocycles. The first-order valence-corrected chi connectivity index (χ1v) is 16.2. The maximum atomic E-state index is 13.9. The molecule has 4 atom stereocenters. The number of anilines is 1. The van der Waals surface area contributed by atoms with Gasteiger partial charge in [-0.15, -0.1) is 0 Å². The van der Waals surface area contributed by atoms with Crippen LogP contribution in [0.1, 0.15) is 48.6 Å². The van der Waals surface area contributed by atoms with E-state index in [1.54, 1.807) is 0 Å². The molecular weight excluding hydrogens is 611 g/mol. The number of ether oxygens (including phenoxy) is 2. The number of benzene rings is 2. The minimum Gasteiger partial charge on any atom is -0.461 e. The van der Waals surface area contributed by atoms with E-state index in [-0.39, 0.29) is 49.9 Å². The lowest BCUT2D eigenvalue weighted by Crippen LogP contribution is -2.55. The lowest BCUT2D eigenvalue weighted by molar-refractivity contribution is -0.131. The smallest absolute Gasteiger partial charge is 0.318 e. The van der Waals surface area contributed by atoms with Crippen molar-refractivity contribution in [1.82, 2.24) is 19.8 Å². The third-order valence-corrected chi connectivity index (χ3v) is 10.3. The van der Waals surface area contributed by atoms with Crippen LogP contribution >= 0.6 is 11.6 Å². The summed E-state index contributed by atoms with van der Waals surface area (Å²) < 4.78 is 26.7. The van der Waals surface area contributed by atoms with Gasteiger partial charge < -0.3 is 24.4 Å². The zero-order valence-electron chi connectivity index (χ0n) is 25.5. The Kier molecular flexibility index (Phi) is 8.32. The molecule has 7 rings (SSSR count). The number of hydrogen-bond acceptors (Lipinski definition) is 9. The SMILES string of the molecule is C=C(F)C(=O)N1CCN(c2nc(OCC34CCCN3CC(O)C4)nc3c2COC(c2cccc4cccc(Cl)c24)C3)C[C@@H]1CC#N. The molecule has 10 nitrogen and oxygen atoms in total. The van der Waals surface area contributed by atoms with Crippen molar-refractivity contribution < 1.29 is 23.8 Å². The van der Waals surface area contributed by atoms with Crippen molar-refractivity contribution in [3.8, 4) is 12.1 Å². The van der Waals surface area contributed by atoms with E-state index in [0.717, 1.165) is 47.0 Å². The average Bonchev–Trinajstić information content (AvgIpc) is 3.58. The van der Waals surface area contributed by atoms with E-state index in [2.05, 4.69) is 17.5 Å². The summed E-state index contributed by atoms with van der Waals surface area (Å²) in [5.74, 6) is -1.22. The normalized spacial score (nSPS) is 26.1. The number of carbonyl (C=O) groups excluding carboxylic acids is 1. The standard InChI is InChI=1S/C34H36ClFN6O4/c1-21(36)32(44)42-14-13-40(17-23(42)9-11-37)31-26-19-45-29(25-7-2-5-22-6-3-8-27(35)30(22)25)15-28(26)38-33(39-31)46-20-34-10-4-12-41(34)18-24(43)16-34/h2-3,5-8,23-24,29,43H,1,4,9-10,12-20H2/t23-,24?,29?,34?/m0/s1. The summed E-state index contributed by atoms with van der Waals surface area (Å²) in [5, 5.41) is 22.6. The van der Waals surface area contributed by atoms with Crippen molar-refractivity contribution in [2.75, 3.05) is 44.2 Å². The number of hydrogen-bond donors (Lipinski definition) is 1. The molecule has 46 heavy (non-hydrogen) atoms. The summed E-state index contributed by atoms with van der Waals surface area (Å²) in [6.45, 7) is 6.20. The number of aliphatic hydroxyl groups excluding tert-OH is 1. The van der Waals surface area contributed by atoms with Crippen LogP contribution in [0.3, 0.4) is 0 Å². The quantitative estimate of drug-likeness (QED) is 0.371. The Morgan fingerprint density at radius 1 is 1.22 bits per heavy atom. The van der Waals surface area contributed by atoms with Crippen LogP contribution in [0.15, 0.2) is 48.8 Å². The molecule has 3 unspecified atom stereocenters. The molecule has 0 spiro atoms. The highest BCUT2D eigenvalue weighted by atomic mass is 35.5. The fraction of sp³-hybridized carbons (Fsp3) is 0.471. The summed E-state index contributed by atoms with van der Waals surface area (Å²) in [7, 11) is 0. The van der Waals surface area contributed by atoms with Crippen LogP contribution in [-0.2, 0) is 22.6 Å². The van der Waals surface area contributed by atoms with Gasteiger partial charge in [0.15, 0.2) is 5.83 Å². The van der Waals surface area contributed by atoms with Gasteiger partial charge in [-0.25, -0.2) is 4.39 Å². The Morgan fingerprint density at radius 3 is 2.85 bits per heavy atom. The lowest BCUT2D eigenvalue weighted by Gasteiger charge is -2.42. The van der Waals surface area contributed by atoms with Crippen molar-refractivity contribution in [3.05, 3.63) is 70.6 Å². The van der Waals surface area contributed by atoms with Gasteiger partial charge in [-0.1, -0.05) is 48.5 Å². The van der Waals surface area contributed by atoms with Gasteiger partial charge >= 0.3 is 6.01 Å². The van der Waals surface area contributed by atoms with Gasteiger partial charge in [0.05, 0.1) is 48.6 Å². The van der Waals surface area contributed by atoms with Gasteiger partial charge in [0.25, 0.3) is 5.91 Å². The van der Waals surface area contributed by atoms with E-state index < -0.39 is 17.8 Å². The first-order valence-electron chi connectivity index (χ1n) is 15.8. The summed E-state index contributed by atoms with van der Waals surface area (Å²) in [6.07, 6.45) is 2.44. The number of aliphatic hydroxyl groups is 1. The molecule has 4 aliphatic rings. The van der Waals surface area contributed by atoms with E-state index in [0.29, 0.717) is 43.4 Å². The average molecular weight is 647 g/mol. The van der Waals surface area contributed by atoms with Crippen molar-refractivity contribution in [2.24, 2.45) is 0 Å². The largest absolute Gasteiger partial charge is 0.461 e. The van der Waals surface area contributed by atoms with E-state index in [4.69, 9.17) is 31.0 Å². The van der Waals surface area contributed by atoms with Crippen molar-refractivity contribution in [1.29, 1.82) is 5.26 Å². The molecule has 3 aromatic rings. The second kappa shape index (κ2) is 12.4. The lowest BCUT2D eigenvalue weighted by atomic mass is 9.94. The van der Waals surface area contributed by atoms with Crippen LogP contribution in [-0.4, -0.2) is 87.8 Å². The second-order valence-electron chi connectivity index (χ2n) is 12.7. The van der Waals surface area contributed by atoms with Crippen LogP contribution in [0.2, 0.25) is 5.02 Å². The van der Waals surface area contributed by atoms with E-state index in [1.807, 2.05) is 41.3 Å². The van der Waals surface area contributed by atoms with Crippen molar-refractivity contribution in [3.63, 3.8) is 0 Å². The Balaban J connectivity index is 1.23. The van der Waals surface area contributed by atoms with Crippen LogP contribution in [0.4, 0.5) is 10.2 Å². The monoisotopic (exact) mass is 646 g/mol. The van der Waals surface area contributed by atoms with Gasteiger partial charge in [-0.3, -0.25) is 9.69 Å². The third kappa shape index (κ3) is 5.58. The molecule has 0 radical (unpaired) electrons. The molecule has 12 heteroatoms. The predicted molar refractivity (Wildman–Crippen MR) is 170 cm³/mol. The summed E-state index contributed by atoms with van der Waals surface area (Å²) in [5.41, 5.74) is 2.34. The summed E-state index contributed by atoms with van der Waals surface area (Å²) in [6, 6.07) is 13.7. The molecule has 0 saturated carbocycles. The number of rotatable bonds is 7. The second-order valence-corrected chi connectivity index (χ2v) is 13.1. The molecule has 3 saturated heterocycles. The van der Waals surface area contributed by atoms with Crippen molar-refractivity contribution >= 4 is 34.1 Å². The highest BCUT2D eigenvalue weighted by Crippen LogP contribution is 2.41. The number of amides is 1. The summed E-state index contributed by atoms with van der Waals surface area (Å²) in [4.78, 5) is 28.1. The van der Waals surface area contributed by atoms with Gasteiger partial charge in [-0.2, -0.15) is 15.2 Å². The van der Waals surface area contributed by atoms with E-state index in [1.165, 1.54) is 4.90 Å². The highest BCUT2D eigenvalue weighted by Gasteiger charge is 2.49. The number of carbonyl (C=O) groups is 1.